The van der Waals surface area contributed by atoms with Crippen molar-refractivity contribution >= 4 is 23.1 Å². The van der Waals surface area contributed by atoms with Crippen molar-refractivity contribution in [1.82, 2.24) is 0 Å². The topological polar surface area (TPSA) is 106 Å². The maximum Gasteiger partial charge on any atom is 0.300 e. The molecule has 210 valence electrons. The summed E-state index contributed by atoms with van der Waals surface area (Å²) in [7, 11) is 1.52. The van der Waals surface area contributed by atoms with Gasteiger partial charge in [0, 0.05) is 5.56 Å². The molecule has 1 fully saturated rings. The van der Waals surface area contributed by atoms with Crippen molar-refractivity contribution in [3.05, 3.63) is 82.4 Å². The highest BCUT2D eigenvalue weighted by Crippen LogP contribution is 2.46. The number of aromatic hydroxyl groups is 1. The fourth-order valence-electron chi connectivity index (χ4n) is 4.73. The molecule has 0 radical (unpaired) electrons. The molecule has 8 heteroatoms. The molecule has 4 rings (SSSR count). The van der Waals surface area contributed by atoms with Gasteiger partial charge in [-0.3, -0.25) is 14.5 Å². The summed E-state index contributed by atoms with van der Waals surface area (Å²) in [4.78, 5) is 28.3. The lowest BCUT2D eigenvalue weighted by molar-refractivity contribution is -0.132. The fraction of sp³-hybridized carbons (Fsp3) is 0.312. The molecule has 3 aromatic rings. The third-order valence-corrected chi connectivity index (χ3v) is 6.66. The highest BCUT2D eigenvalue weighted by atomic mass is 16.5. The van der Waals surface area contributed by atoms with Gasteiger partial charge in [-0.05, 0) is 85.8 Å². The monoisotopic (exact) mass is 545 g/mol. The Balaban J connectivity index is 1.92. The number of anilines is 1. The number of carbonyl (C=O) groups excluding carboxylic acids is 2. The van der Waals surface area contributed by atoms with Gasteiger partial charge in [0.05, 0.1) is 37.6 Å². The summed E-state index contributed by atoms with van der Waals surface area (Å²) >= 11 is 0. The van der Waals surface area contributed by atoms with Crippen molar-refractivity contribution < 1.29 is 34.0 Å². The Morgan fingerprint density at radius 3 is 2.33 bits per heavy atom. The molecule has 1 unspecified atom stereocenters. The van der Waals surface area contributed by atoms with E-state index in [2.05, 4.69) is 13.8 Å². The van der Waals surface area contributed by atoms with Crippen LogP contribution in [0.2, 0.25) is 0 Å². The molecule has 0 spiro atoms. The number of methoxy groups -OCH3 is 1. The molecule has 0 saturated carbocycles. The van der Waals surface area contributed by atoms with E-state index >= 15 is 0 Å². The zero-order valence-corrected chi connectivity index (χ0v) is 23.6. The minimum atomic E-state index is -1.05. The van der Waals surface area contributed by atoms with E-state index < -0.39 is 17.7 Å². The van der Waals surface area contributed by atoms with E-state index in [9.17, 15) is 19.8 Å². The van der Waals surface area contributed by atoms with E-state index in [4.69, 9.17) is 14.2 Å². The fourth-order valence-corrected chi connectivity index (χ4v) is 4.73. The number of phenols is 1. The molecule has 1 heterocycles. The Morgan fingerprint density at radius 1 is 0.950 bits per heavy atom. The molecule has 1 aliphatic rings. The van der Waals surface area contributed by atoms with Crippen LogP contribution in [0.4, 0.5) is 5.69 Å². The van der Waals surface area contributed by atoms with Crippen LogP contribution in [0.3, 0.4) is 0 Å². The average Bonchev–Trinajstić information content (AvgIpc) is 3.18. The number of aryl methyl sites for hydroxylation is 2. The lowest BCUT2D eigenvalue weighted by atomic mass is 9.94. The maximum atomic E-state index is 13.6. The van der Waals surface area contributed by atoms with Gasteiger partial charge in [-0.15, -0.1) is 0 Å². The highest BCUT2D eigenvalue weighted by Gasteiger charge is 2.48. The number of aliphatic hydroxyl groups excluding tert-OH is 1. The zero-order chi connectivity index (χ0) is 29.1. The van der Waals surface area contributed by atoms with Crippen LogP contribution in [0.25, 0.3) is 5.76 Å². The molecule has 1 amide bonds. The third kappa shape index (κ3) is 5.47. The molecule has 0 aromatic heterocycles. The number of aliphatic hydroxyl groups is 1. The van der Waals surface area contributed by atoms with Crippen LogP contribution in [-0.4, -0.2) is 42.2 Å². The summed E-state index contributed by atoms with van der Waals surface area (Å²) < 4.78 is 17.0. The number of hydrogen-bond acceptors (Lipinski definition) is 7. The summed E-state index contributed by atoms with van der Waals surface area (Å²) in [6, 6.07) is 14.0. The molecule has 1 saturated heterocycles. The van der Waals surface area contributed by atoms with Crippen LogP contribution in [0.1, 0.15) is 49.1 Å². The predicted octanol–water partition coefficient (Wildman–Crippen LogP) is 6.08. The molecule has 1 aliphatic heterocycles. The molecule has 40 heavy (non-hydrogen) atoms. The normalized spacial score (nSPS) is 16.5. The predicted molar refractivity (Wildman–Crippen MR) is 153 cm³/mol. The number of ether oxygens (including phenoxy) is 3. The largest absolute Gasteiger partial charge is 0.507 e. The number of hydrogen-bond donors (Lipinski definition) is 2. The van der Waals surface area contributed by atoms with Crippen molar-refractivity contribution in [2.24, 2.45) is 5.92 Å². The Morgan fingerprint density at radius 2 is 1.68 bits per heavy atom. The minimum absolute atomic E-state index is 0.103. The van der Waals surface area contributed by atoms with Gasteiger partial charge in [-0.25, -0.2) is 0 Å². The van der Waals surface area contributed by atoms with Crippen molar-refractivity contribution in [1.29, 1.82) is 0 Å². The first kappa shape index (κ1) is 28.5. The van der Waals surface area contributed by atoms with Crippen LogP contribution in [-0.2, 0) is 9.59 Å². The molecule has 0 aliphatic carbocycles. The van der Waals surface area contributed by atoms with Crippen LogP contribution in [0.15, 0.2) is 60.2 Å². The molecule has 1 atom stereocenters. The van der Waals surface area contributed by atoms with Crippen molar-refractivity contribution in [3.63, 3.8) is 0 Å². The number of amides is 1. The standard InChI is InChI=1S/C32H35NO7/c1-7-39-27-16-21(9-13-26(27)38-6)29-28(30(35)22-10-12-25(20(5)15-22)40-17-18(2)3)31(36)32(37)33(29)23-14-19(4)8-11-24(23)34/h8-16,18,29,34-35H,7,17H2,1-6H3/b30-28-. The summed E-state index contributed by atoms with van der Waals surface area (Å²) in [6.45, 7) is 10.5. The van der Waals surface area contributed by atoms with E-state index in [1.165, 1.54) is 18.1 Å². The zero-order valence-electron chi connectivity index (χ0n) is 23.6. The number of rotatable bonds is 9. The lowest BCUT2D eigenvalue weighted by Crippen LogP contribution is -2.29. The number of carbonyl (C=O) groups is 2. The Bertz CT molecular complexity index is 1470. The number of phenolic OH excluding ortho intramolecular Hbond substituents is 1. The second kappa shape index (κ2) is 11.7. The van der Waals surface area contributed by atoms with Gasteiger partial charge in [0.1, 0.15) is 17.3 Å². The minimum Gasteiger partial charge on any atom is -0.507 e. The van der Waals surface area contributed by atoms with Crippen molar-refractivity contribution in [3.8, 4) is 23.0 Å². The van der Waals surface area contributed by atoms with Crippen LogP contribution in [0, 0.1) is 19.8 Å². The van der Waals surface area contributed by atoms with Gasteiger partial charge >= 0.3 is 0 Å². The summed E-state index contributed by atoms with van der Waals surface area (Å²) in [5.74, 6) is -0.317. The first-order chi connectivity index (χ1) is 19.1. The molecule has 3 aromatic carbocycles. The first-order valence-electron chi connectivity index (χ1n) is 13.2. The number of nitrogens with zero attached hydrogens (tertiary/aromatic N) is 1. The average molecular weight is 546 g/mol. The molecular weight excluding hydrogens is 510 g/mol. The SMILES string of the molecule is CCOc1cc(C2/C(=C(/O)c3ccc(OCC(C)C)c(C)c3)C(=O)C(=O)N2c2cc(C)ccc2O)ccc1OC. The quantitative estimate of drug-likeness (QED) is 0.191. The van der Waals surface area contributed by atoms with E-state index in [-0.39, 0.29) is 22.8 Å². The summed E-state index contributed by atoms with van der Waals surface area (Å²) in [6.07, 6.45) is 0. The second-order valence-corrected chi connectivity index (χ2v) is 10.2. The van der Waals surface area contributed by atoms with E-state index in [1.807, 2.05) is 20.8 Å². The molecular formula is C32H35NO7. The molecule has 0 bridgehead atoms. The van der Waals surface area contributed by atoms with E-state index in [0.29, 0.717) is 47.5 Å². The van der Waals surface area contributed by atoms with Gasteiger partial charge < -0.3 is 24.4 Å². The van der Waals surface area contributed by atoms with Gasteiger partial charge in [0.25, 0.3) is 11.7 Å². The second-order valence-electron chi connectivity index (χ2n) is 10.2. The van der Waals surface area contributed by atoms with Crippen LogP contribution in [0.5, 0.6) is 23.0 Å². The Kier molecular flexibility index (Phi) is 8.38. The van der Waals surface area contributed by atoms with Gasteiger partial charge in [0.15, 0.2) is 11.5 Å². The highest BCUT2D eigenvalue weighted by molar-refractivity contribution is 6.52. The molecule has 8 nitrogen and oxygen atoms in total. The number of ketones is 1. The third-order valence-electron chi connectivity index (χ3n) is 6.66. The van der Waals surface area contributed by atoms with Crippen LogP contribution < -0.4 is 19.1 Å². The number of Topliss-reactive ketones (excluding diaryl/α,β-unsaturated/α-hetero) is 1. The summed E-state index contributed by atoms with van der Waals surface area (Å²) in [5, 5.41) is 22.3. The maximum absolute atomic E-state index is 13.6. The van der Waals surface area contributed by atoms with Crippen molar-refractivity contribution in [2.75, 3.05) is 25.2 Å². The lowest BCUT2D eigenvalue weighted by Gasteiger charge is -2.27. The Labute approximate surface area is 234 Å². The molecule has 2 N–H and O–H groups in total. The summed E-state index contributed by atoms with van der Waals surface area (Å²) in [5.41, 5.74) is 2.48. The number of benzene rings is 3. The smallest absolute Gasteiger partial charge is 0.300 e. The first-order valence-corrected chi connectivity index (χ1v) is 13.2. The Hall–Kier alpha value is -4.46. The van der Waals surface area contributed by atoms with Gasteiger partial charge in [-0.2, -0.15) is 0 Å². The van der Waals surface area contributed by atoms with Gasteiger partial charge in [0.2, 0.25) is 0 Å². The van der Waals surface area contributed by atoms with E-state index in [1.54, 1.807) is 48.5 Å². The van der Waals surface area contributed by atoms with Crippen molar-refractivity contribution in [2.45, 2.75) is 40.7 Å². The van der Waals surface area contributed by atoms with E-state index in [0.717, 1.165) is 11.1 Å². The van der Waals surface area contributed by atoms with Gasteiger partial charge in [-0.1, -0.05) is 26.0 Å². The van der Waals surface area contributed by atoms with Crippen LogP contribution >= 0.6 is 0 Å².